The normalized spacial score (nSPS) is 17.5. The molecule has 34 heavy (non-hydrogen) atoms. The lowest BCUT2D eigenvalue weighted by molar-refractivity contribution is -0.133. The van der Waals surface area contributed by atoms with Crippen molar-refractivity contribution < 1.29 is 28.6 Å². The first kappa shape index (κ1) is 22.9. The molecule has 176 valence electrons. The average Bonchev–Trinajstić information content (AvgIpc) is 3.06. The average molecular weight is 463 g/mol. The summed E-state index contributed by atoms with van der Waals surface area (Å²) in [5.41, 5.74) is -0.283. The zero-order chi connectivity index (χ0) is 24.5. The van der Waals surface area contributed by atoms with E-state index in [-0.39, 0.29) is 0 Å². The molecule has 3 aromatic rings. The highest BCUT2D eigenvalue weighted by Crippen LogP contribution is 2.40. The Hall–Kier alpha value is -4.27. The van der Waals surface area contributed by atoms with Crippen LogP contribution in [-0.4, -0.2) is 50.6 Å². The maximum Gasteiger partial charge on any atom is 0.325 e. The minimum atomic E-state index is -1.28. The van der Waals surface area contributed by atoms with Gasteiger partial charge in [0.15, 0.2) is 11.5 Å². The molecule has 0 aliphatic carbocycles. The molecule has 3 aromatic carbocycles. The van der Waals surface area contributed by atoms with Crippen molar-refractivity contribution in [2.24, 2.45) is 0 Å². The highest BCUT2D eigenvalue weighted by Gasteiger charge is 2.49. The summed E-state index contributed by atoms with van der Waals surface area (Å²) in [6.07, 6.45) is 0. The fraction of sp³-hybridized carbons (Fsp3) is 0.240. The standard InChI is InChI=1S/C25H25N3O6/c1-25(17-10-9-15-7-5-6-8-16(15)11-17)23(30)28(24(31)27-25)14-21(29)26-18-12-19(32-2)22(34-4)20(13-18)33-3/h5-13H,14H2,1-4H3,(H,26,29)(H,27,31). The van der Waals surface area contributed by atoms with Gasteiger partial charge < -0.3 is 24.8 Å². The highest BCUT2D eigenvalue weighted by molar-refractivity contribution is 6.10. The molecule has 0 saturated carbocycles. The largest absolute Gasteiger partial charge is 0.493 e. The molecule has 0 radical (unpaired) electrons. The number of carbonyl (C=O) groups is 3. The van der Waals surface area contributed by atoms with Gasteiger partial charge >= 0.3 is 6.03 Å². The zero-order valence-electron chi connectivity index (χ0n) is 19.3. The van der Waals surface area contributed by atoms with Gasteiger partial charge in [0.1, 0.15) is 12.1 Å². The van der Waals surface area contributed by atoms with E-state index in [4.69, 9.17) is 14.2 Å². The summed E-state index contributed by atoms with van der Waals surface area (Å²) in [4.78, 5) is 39.6. The molecule has 0 bridgehead atoms. The summed E-state index contributed by atoms with van der Waals surface area (Å²) in [5, 5.41) is 7.37. The molecule has 9 nitrogen and oxygen atoms in total. The number of hydrogen-bond acceptors (Lipinski definition) is 6. The molecular formula is C25H25N3O6. The molecule has 1 atom stereocenters. The number of nitrogens with zero attached hydrogens (tertiary/aromatic N) is 1. The van der Waals surface area contributed by atoms with Gasteiger partial charge in [-0.15, -0.1) is 0 Å². The summed E-state index contributed by atoms with van der Waals surface area (Å²) in [6, 6.07) is 15.8. The van der Waals surface area contributed by atoms with Crippen LogP contribution in [-0.2, 0) is 15.1 Å². The van der Waals surface area contributed by atoms with Crippen molar-refractivity contribution in [1.29, 1.82) is 0 Å². The van der Waals surface area contributed by atoms with Crippen LogP contribution >= 0.6 is 0 Å². The molecule has 1 aliphatic rings. The number of amides is 4. The van der Waals surface area contributed by atoms with Crippen LogP contribution in [0.2, 0.25) is 0 Å². The lowest BCUT2D eigenvalue weighted by atomic mass is 9.90. The van der Waals surface area contributed by atoms with Gasteiger partial charge in [-0.2, -0.15) is 0 Å². The van der Waals surface area contributed by atoms with Gasteiger partial charge in [-0.25, -0.2) is 4.79 Å². The number of hydrogen-bond donors (Lipinski definition) is 2. The quantitative estimate of drug-likeness (QED) is 0.521. The number of imide groups is 1. The Morgan fingerprint density at radius 2 is 1.59 bits per heavy atom. The maximum atomic E-state index is 13.3. The Bertz CT molecular complexity index is 1270. The number of rotatable bonds is 7. The lowest BCUT2D eigenvalue weighted by Crippen LogP contribution is -2.42. The SMILES string of the molecule is COc1cc(NC(=O)CN2C(=O)NC(C)(c3ccc4ccccc4c3)C2=O)cc(OC)c1OC. The van der Waals surface area contributed by atoms with Crippen molar-refractivity contribution in [2.45, 2.75) is 12.5 Å². The van der Waals surface area contributed by atoms with Crippen molar-refractivity contribution in [2.75, 3.05) is 33.2 Å². The predicted molar refractivity (Wildman–Crippen MR) is 126 cm³/mol. The van der Waals surface area contributed by atoms with E-state index in [2.05, 4.69) is 10.6 Å². The first-order valence-electron chi connectivity index (χ1n) is 10.5. The van der Waals surface area contributed by atoms with Crippen molar-refractivity contribution in [3.63, 3.8) is 0 Å². The van der Waals surface area contributed by atoms with E-state index < -0.39 is 29.9 Å². The monoisotopic (exact) mass is 463 g/mol. The van der Waals surface area contributed by atoms with E-state index in [1.807, 2.05) is 36.4 Å². The predicted octanol–water partition coefficient (Wildman–Crippen LogP) is 3.27. The van der Waals surface area contributed by atoms with Gasteiger partial charge in [0, 0.05) is 17.8 Å². The Morgan fingerprint density at radius 3 is 2.21 bits per heavy atom. The van der Waals surface area contributed by atoms with Crippen LogP contribution in [0.25, 0.3) is 10.8 Å². The summed E-state index contributed by atoms with van der Waals surface area (Å²) in [5.74, 6) is 0.0312. The molecule has 1 unspecified atom stereocenters. The second-order valence-corrected chi connectivity index (χ2v) is 7.97. The smallest absolute Gasteiger partial charge is 0.325 e. The molecule has 4 amide bonds. The number of methoxy groups -OCH3 is 3. The van der Waals surface area contributed by atoms with Gasteiger partial charge in [-0.1, -0.05) is 36.4 Å². The number of fused-ring (bicyclic) bond motifs is 1. The Kier molecular flexibility index (Phi) is 6.02. The number of ether oxygens (including phenoxy) is 3. The van der Waals surface area contributed by atoms with E-state index in [9.17, 15) is 14.4 Å². The molecule has 0 aromatic heterocycles. The topological polar surface area (TPSA) is 106 Å². The van der Waals surface area contributed by atoms with Crippen molar-refractivity contribution in [3.8, 4) is 17.2 Å². The van der Waals surface area contributed by atoms with Crippen LogP contribution in [0.3, 0.4) is 0 Å². The van der Waals surface area contributed by atoms with E-state index in [1.165, 1.54) is 21.3 Å². The van der Waals surface area contributed by atoms with Gasteiger partial charge in [0.2, 0.25) is 11.7 Å². The number of anilines is 1. The van der Waals surface area contributed by atoms with Gasteiger partial charge in [0.25, 0.3) is 5.91 Å². The summed E-state index contributed by atoms with van der Waals surface area (Å²) < 4.78 is 15.9. The van der Waals surface area contributed by atoms with E-state index >= 15 is 0 Å². The fourth-order valence-corrected chi connectivity index (χ4v) is 4.03. The third kappa shape index (κ3) is 3.96. The zero-order valence-corrected chi connectivity index (χ0v) is 19.3. The van der Waals surface area contributed by atoms with Crippen molar-refractivity contribution in [3.05, 3.63) is 60.2 Å². The van der Waals surface area contributed by atoms with Crippen LogP contribution < -0.4 is 24.8 Å². The Balaban J connectivity index is 1.53. The number of urea groups is 1. The Labute approximate surface area is 196 Å². The summed E-state index contributed by atoms with van der Waals surface area (Å²) in [7, 11) is 4.40. The number of benzene rings is 3. The second kappa shape index (κ2) is 8.93. The molecule has 4 rings (SSSR count). The highest BCUT2D eigenvalue weighted by atomic mass is 16.5. The Morgan fingerprint density at radius 1 is 0.941 bits per heavy atom. The molecule has 1 fully saturated rings. The first-order chi connectivity index (χ1) is 16.3. The molecule has 1 heterocycles. The maximum absolute atomic E-state index is 13.3. The lowest BCUT2D eigenvalue weighted by Gasteiger charge is -2.22. The van der Waals surface area contributed by atoms with Crippen LogP contribution in [0.1, 0.15) is 12.5 Å². The van der Waals surface area contributed by atoms with Crippen LogP contribution in [0.15, 0.2) is 54.6 Å². The third-order valence-electron chi connectivity index (χ3n) is 5.85. The van der Waals surface area contributed by atoms with Crippen LogP contribution in [0, 0.1) is 0 Å². The van der Waals surface area contributed by atoms with Crippen LogP contribution in [0.4, 0.5) is 10.5 Å². The van der Waals surface area contributed by atoms with Gasteiger partial charge in [-0.3, -0.25) is 14.5 Å². The van der Waals surface area contributed by atoms with Crippen LogP contribution in [0.5, 0.6) is 17.2 Å². The second-order valence-electron chi connectivity index (χ2n) is 7.97. The third-order valence-corrected chi connectivity index (χ3v) is 5.85. The molecule has 0 spiro atoms. The number of carbonyl (C=O) groups excluding carboxylic acids is 3. The van der Waals surface area contributed by atoms with Gasteiger partial charge in [0.05, 0.1) is 21.3 Å². The summed E-state index contributed by atoms with van der Waals surface area (Å²) in [6.45, 7) is 1.18. The number of nitrogens with one attached hydrogen (secondary N) is 2. The van der Waals surface area contributed by atoms with Crippen molar-refractivity contribution >= 4 is 34.3 Å². The van der Waals surface area contributed by atoms with E-state index in [0.29, 0.717) is 28.5 Å². The molecule has 1 aliphatic heterocycles. The minimum Gasteiger partial charge on any atom is -0.493 e. The molecule has 2 N–H and O–H groups in total. The fourth-order valence-electron chi connectivity index (χ4n) is 4.03. The van der Waals surface area contributed by atoms with E-state index in [0.717, 1.165) is 15.7 Å². The molecule has 1 saturated heterocycles. The first-order valence-corrected chi connectivity index (χ1v) is 10.5. The van der Waals surface area contributed by atoms with Crippen molar-refractivity contribution in [1.82, 2.24) is 10.2 Å². The minimum absolute atomic E-state index is 0.357. The summed E-state index contributed by atoms with van der Waals surface area (Å²) >= 11 is 0. The van der Waals surface area contributed by atoms with Gasteiger partial charge in [-0.05, 0) is 29.3 Å². The van der Waals surface area contributed by atoms with E-state index in [1.54, 1.807) is 25.1 Å². The molecule has 9 heteroatoms. The molecular weight excluding hydrogens is 438 g/mol.